The van der Waals surface area contributed by atoms with E-state index in [1.807, 2.05) is 0 Å². The number of aliphatic hydroxyl groups excluding tert-OH is 1. The predicted molar refractivity (Wildman–Crippen MR) is 166 cm³/mol. The molecule has 0 radical (unpaired) electrons. The Hall–Kier alpha value is -4.18. The zero-order chi connectivity index (χ0) is 30.9. The van der Waals surface area contributed by atoms with Crippen LogP contribution in [-0.4, -0.2) is 47.6 Å². The molecule has 4 rings (SSSR count). The van der Waals surface area contributed by atoms with Crippen molar-refractivity contribution in [3.63, 3.8) is 0 Å². The minimum atomic E-state index is -0.991. The van der Waals surface area contributed by atoms with E-state index in [9.17, 15) is 19.5 Å². The molecule has 1 saturated heterocycles. The van der Waals surface area contributed by atoms with Gasteiger partial charge in [-0.3, -0.25) is 14.5 Å². The maximum Gasteiger partial charge on any atom is 0.350 e. The SMILES string of the molecule is CCCCCOc1ccc([C@@H]2C(=C(O)c3ccc(OCCCC)cc3)C(=O)C(=O)N2c2nc(C)c(C(=O)OCC)s2)cc1. The molecule has 1 aliphatic rings. The Morgan fingerprint density at radius 1 is 0.907 bits per heavy atom. The second-order valence-corrected chi connectivity index (χ2v) is 11.1. The molecule has 43 heavy (non-hydrogen) atoms. The number of nitrogens with zero attached hydrogens (tertiary/aromatic N) is 2. The van der Waals surface area contributed by atoms with Crippen molar-refractivity contribution in [2.45, 2.75) is 65.8 Å². The minimum Gasteiger partial charge on any atom is -0.507 e. The standard InChI is InChI=1S/C33H38N2O7S/c1-5-8-10-20-42-24-15-11-22(12-16-24)27-26(28(36)23-13-17-25(18-14-23)41-19-9-6-2)29(37)31(38)35(27)33-34-21(4)30(43-33)32(39)40-7-3/h11-18,27,36H,5-10,19-20H2,1-4H3/t27-/m1/s1. The molecule has 0 bridgehead atoms. The van der Waals surface area contributed by atoms with E-state index in [2.05, 4.69) is 18.8 Å². The molecule has 2 heterocycles. The average molecular weight is 607 g/mol. The molecule has 0 saturated carbocycles. The normalized spacial score (nSPS) is 16.0. The van der Waals surface area contributed by atoms with Gasteiger partial charge in [0.05, 0.1) is 37.1 Å². The van der Waals surface area contributed by atoms with E-state index in [-0.39, 0.29) is 27.9 Å². The highest BCUT2D eigenvalue weighted by Crippen LogP contribution is 2.44. The summed E-state index contributed by atoms with van der Waals surface area (Å²) in [5, 5.41) is 11.6. The highest BCUT2D eigenvalue weighted by atomic mass is 32.1. The molecule has 9 nitrogen and oxygen atoms in total. The first kappa shape index (κ1) is 31.7. The summed E-state index contributed by atoms with van der Waals surface area (Å²) in [5.41, 5.74) is 1.25. The summed E-state index contributed by atoms with van der Waals surface area (Å²) in [6.45, 7) is 8.90. The van der Waals surface area contributed by atoms with Gasteiger partial charge >= 0.3 is 11.9 Å². The van der Waals surface area contributed by atoms with Gasteiger partial charge < -0.3 is 19.3 Å². The van der Waals surface area contributed by atoms with Gasteiger partial charge in [0.2, 0.25) is 0 Å². The number of anilines is 1. The van der Waals surface area contributed by atoms with Crippen LogP contribution in [0.25, 0.3) is 5.76 Å². The summed E-state index contributed by atoms with van der Waals surface area (Å²) in [7, 11) is 0. The third-order valence-electron chi connectivity index (χ3n) is 7.00. The number of carbonyl (C=O) groups is 3. The Balaban J connectivity index is 1.75. The van der Waals surface area contributed by atoms with Crippen molar-refractivity contribution in [1.29, 1.82) is 0 Å². The van der Waals surface area contributed by atoms with Crippen molar-refractivity contribution in [2.24, 2.45) is 0 Å². The fraction of sp³-hybridized carbons (Fsp3) is 0.394. The van der Waals surface area contributed by atoms with Crippen molar-refractivity contribution < 1.29 is 33.7 Å². The highest BCUT2D eigenvalue weighted by molar-refractivity contribution is 7.17. The Bertz CT molecular complexity index is 1460. The third-order valence-corrected chi connectivity index (χ3v) is 8.14. The van der Waals surface area contributed by atoms with Crippen LogP contribution in [0.4, 0.5) is 5.13 Å². The first-order valence-corrected chi connectivity index (χ1v) is 15.5. The zero-order valence-electron chi connectivity index (χ0n) is 25.1. The van der Waals surface area contributed by atoms with E-state index in [1.54, 1.807) is 62.4 Å². The number of aromatic nitrogens is 1. The zero-order valence-corrected chi connectivity index (χ0v) is 25.9. The third kappa shape index (κ3) is 7.25. The number of ether oxygens (including phenoxy) is 3. The van der Waals surface area contributed by atoms with Crippen molar-refractivity contribution in [2.75, 3.05) is 24.7 Å². The molecule has 3 aromatic rings. The quantitative estimate of drug-likeness (QED) is 0.0686. The lowest BCUT2D eigenvalue weighted by molar-refractivity contribution is -0.132. The predicted octanol–water partition coefficient (Wildman–Crippen LogP) is 7.00. The van der Waals surface area contributed by atoms with Gasteiger partial charge in [0, 0.05) is 5.56 Å². The smallest absolute Gasteiger partial charge is 0.350 e. The van der Waals surface area contributed by atoms with E-state index in [4.69, 9.17) is 14.2 Å². The van der Waals surface area contributed by atoms with Gasteiger partial charge in [-0.05, 0) is 68.7 Å². The van der Waals surface area contributed by atoms with Crippen LogP contribution in [0.3, 0.4) is 0 Å². The summed E-state index contributed by atoms with van der Waals surface area (Å²) in [5.74, 6) is -1.27. The van der Waals surface area contributed by atoms with Crippen LogP contribution in [0.5, 0.6) is 11.5 Å². The van der Waals surface area contributed by atoms with Gasteiger partial charge in [-0.1, -0.05) is 56.6 Å². The topological polar surface area (TPSA) is 115 Å². The van der Waals surface area contributed by atoms with Crippen LogP contribution in [0.1, 0.15) is 85.4 Å². The van der Waals surface area contributed by atoms with Crippen molar-refractivity contribution in [3.05, 3.63) is 75.8 Å². The number of unbranched alkanes of at least 4 members (excludes halogenated alkanes) is 3. The summed E-state index contributed by atoms with van der Waals surface area (Å²) < 4.78 is 16.7. The van der Waals surface area contributed by atoms with Gasteiger partial charge in [-0.15, -0.1) is 0 Å². The van der Waals surface area contributed by atoms with Crippen LogP contribution in [-0.2, 0) is 14.3 Å². The van der Waals surface area contributed by atoms with Gasteiger partial charge in [-0.2, -0.15) is 0 Å². The van der Waals surface area contributed by atoms with Crippen LogP contribution < -0.4 is 14.4 Å². The summed E-state index contributed by atoms with van der Waals surface area (Å²) in [4.78, 5) is 45.6. The van der Waals surface area contributed by atoms with E-state index in [0.717, 1.165) is 43.4 Å². The number of hydrogen-bond donors (Lipinski definition) is 1. The van der Waals surface area contributed by atoms with Gasteiger partial charge in [0.15, 0.2) is 5.13 Å². The van der Waals surface area contributed by atoms with E-state index >= 15 is 0 Å². The van der Waals surface area contributed by atoms with Gasteiger partial charge in [0.25, 0.3) is 5.78 Å². The molecule has 0 spiro atoms. The molecule has 1 aromatic heterocycles. The van der Waals surface area contributed by atoms with Crippen LogP contribution in [0, 0.1) is 6.92 Å². The Labute approximate surface area is 256 Å². The second-order valence-electron chi connectivity index (χ2n) is 10.2. The molecule has 0 aliphatic carbocycles. The average Bonchev–Trinajstić information content (AvgIpc) is 3.52. The minimum absolute atomic E-state index is 0.0770. The Kier molecular flexibility index (Phi) is 10.9. The largest absolute Gasteiger partial charge is 0.507 e. The molecule has 1 N–H and O–H groups in total. The Morgan fingerprint density at radius 2 is 1.51 bits per heavy atom. The highest BCUT2D eigenvalue weighted by Gasteiger charge is 2.48. The molecular formula is C33H38N2O7S. The van der Waals surface area contributed by atoms with Crippen molar-refractivity contribution in [3.8, 4) is 11.5 Å². The number of ketones is 1. The molecule has 10 heteroatoms. The van der Waals surface area contributed by atoms with E-state index < -0.39 is 23.7 Å². The number of amides is 1. The first-order valence-electron chi connectivity index (χ1n) is 14.7. The maximum absolute atomic E-state index is 13.6. The van der Waals surface area contributed by atoms with Crippen molar-refractivity contribution in [1.82, 2.24) is 4.98 Å². The lowest BCUT2D eigenvalue weighted by atomic mass is 9.95. The molecule has 1 amide bonds. The molecule has 1 fully saturated rings. The second kappa shape index (κ2) is 14.8. The molecular weight excluding hydrogens is 568 g/mol. The van der Waals surface area contributed by atoms with E-state index in [1.165, 1.54) is 4.90 Å². The summed E-state index contributed by atoms with van der Waals surface area (Å²) in [6, 6.07) is 12.8. The first-order chi connectivity index (χ1) is 20.8. The maximum atomic E-state index is 13.6. The molecule has 228 valence electrons. The number of Topliss-reactive ketones (excluding diaryl/α,β-unsaturated/α-hetero) is 1. The number of aryl methyl sites for hydroxylation is 1. The van der Waals surface area contributed by atoms with Crippen molar-refractivity contribution >= 4 is 39.9 Å². The van der Waals surface area contributed by atoms with Gasteiger partial charge in [-0.25, -0.2) is 9.78 Å². The fourth-order valence-corrected chi connectivity index (χ4v) is 5.69. The Morgan fingerprint density at radius 3 is 2.12 bits per heavy atom. The number of hydrogen-bond acceptors (Lipinski definition) is 9. The van der Waals surface area contributed by atoms with Crippen LogP contribution in [0.15, 0.2) is 54.1 Å². The molecule has 0 unspecified atom stereocenters. The van der Waals surface area contributed by atoms with Crippen LogP contribution >= 0.6 is 11.3 Å². The van der Waals surface area contributed by atoms with Crippen LogP contribution in [0.2, 0.25) is 0 Å². The molecule has 1 aliphatic heterocycles. The summed E-state index contributed by atoms with van der Waals surface area (Å²) in [6.07, 6.45) is 5.02. The summed E-state index contributed by atoms with van der Waals surface area (Å²) >= 11 is 0.971. The van der Waals surface area contributed by atoms with Gasteiger partial charge in [0.1, 0.15) is 22.1 Å². The monoisotopic (exact) mass is 606 g/mol. The number of esters is 1. The number of thiazole rings is 1. The molecule has 2 aromatic carbocycles. The lowest BCUT2D eigenvalue weighted by Gasteiger charge is -2.23. The lowest BCUT2D eigenvalue weighted by Crippen LogP contribution is -2.29. The van der Waals surface area contributed by atoms with E-state index in [0.29, 0.717) is 41.5 Å². The fourth-order valence-electron chi connectivity index (χ4n) is 4.70. The number of benzene rings is 2. The molecule has 1 atom stereocenters. The number of aliphatic hydroxyl groups is 1. The number of rotatable bonds is 14. The number of carbonyl (C=O) groups excluding carboxylic acids is 3.